The molecule has 0 fully saturated rings. The van der Waals surface area contributed by atoms with Gasteiger partial charge in [0.1, 0.15) is 0 Å². The molecule has 2 aromatic carbocycles. The van der Waals surface area contributed by atoms with Crippen LogP contribution in [0.1, 0.15) is 5.56 Å². The van der Waals surface area contributed by atoms with E-state index in [-0.39, 0.29) is 6.42 Å². The molecule has 3 rings (SSSR count). The van der Waals surface area contributed by atoms with Gasteiger partial charge in [0.05, 0.1) is 31.5 Å². The SMILES string of the molecule is COC(=O)[C@H](CO)NC(=O)Cc1cn(-c2ccccc2)nc1-c1ccc(Cl)cc1. The van der Waals surface area contributed by atoms with E-state index in [9.17, 15) is 14.7 Å². The van der Waals surface area contributed by atoms with Gasteiger partial charge in [-0.2, -0.15) is 5.10 Å². The van der Waals surface area contributed by atoms with Crippen LogP contribution in [0.4, 0.5) is 0 Å². The van der Waals surface area contributed by atoms with Crippen molar-refractivity contribution in [2.75, 3.05) is 13.7 Å². The molecule has 3 aromatic rings. The summed E-state index contributed by atoms with van der Waals surface area (Å²) in [6.07, 6.45) is 1.74. The van der Waals surface area contributed by atoms with Gasteiger partial charge < -0.3 is 15.2 Å². The van der Waals surface area contributed by atoms with Gasteiger partial charge in [-0.1, -0.05) is 41.9 Å². The summed E-state index contributed by atoms with van der Waals surface area (Å²) in [6.45, 7) is -0.550. The molecule has 2 N–H and O–H groups in total. The monoisotopic (exact) mass is 413 g/mol. The van der Waals surface area contributed by atoms with Crippen molar-refractivity contribution in [1.82, 2.24) is 15.1 Å². The maximum absolute atomic E-state index is 12.5. The van der Waals surface area contributed by atoms with E-state index in [4.69, 9.17) is 11.6 Å². The summed E-state index contributed by atoms with van der Waals surface area (Å²) in [7, 11) is 1.19. The molecule has 1 heterocycles. The Labute approximate surface area is 172 Å². The number of aliphatic hydroxyl groups excluding tert-OH is 1. The topological polar surface area (TPSA) is 93.5 Å². The molecule has 1 atom stereocenters. The number of carbonyl (C=O) groups is 2. The van der Waals surface area contributed by atoms with Crippen LogP contribution in [0.3, 0.4) is 0 Å². The van der Waals surface area contributed by atoms with Crippen LogP contribution in [0, 0.1) is 0 Å². The Hall–Kier alpha value is -3.16. The predicted molar refractivity (Wildman–Crippen MR) is 109 cm³/mol. The van der Waals surface area contributed by atoms with Crippen LogP contribution in [-0.4, -0.2) is 46.5 Å². The number of hydrogen-bond acceptors (Lipinski definition) is 5. The highest BCUT2D eigenvalue weighted by molar-refractivity contribution is 6.30. The highest BCUT2D eigenvalue weighted by Crippen LogP contribution is 2.25. The lowest BCUT2D eigenvalue weighted by Crippen LogP contribution is -2.44. The molecule has 0 unspecified atom stereocenters. The fraction of sp³-hybridized carbons (Fsp3) is 0.190. The van der Waals surface area contributed by atoms with Crippen LogP contribution >= 0.6 is 11.6 Å². The molecule has 0 saturated carbocycles. The van der Waals surface area contributed by atoms with Gasteiger partial charge in [-0.05, 0) is 24.3 Å². The van der Waals surface area contributed by atoms with Crippen molar-refractivity contribution < 1.29 is 19.4 Å². The molecule has 7 nitrogen and oxygen atoms in total. The number of aromatic nitrogens is 2. The number of methoxy groups -OCH3 is 1. The van der Waals surface area contributed by atoms with E-state index in [1.165, 1.54) is 7.11 Å². The summed E-state index contributed by atoms with van der Waals surface area (Å²) < 4.78 is 6.27. The average molecular weight is 414 g/mol. The van der Waals surface area contributed by atoms with Gasteiger partial charge in [-0.3, -0.25) is 4.79 Å². The molecular formula is C21H20ClN3O4. The number of para-hydroxylation sites is 1. The molecule has 0 aliphatic carbocycles. The van der Waals surface area contributed by atoms with Crippen molar-refractivity contribution in [1.29, 1.82) is 0 Å². The summed E-state index contributed by atoms with van der Waals surface area (Å²) in [4.78, 5) is 24.1. The van der Waals surface area contributed by atoms with Gasteiger partial charge in [0, 0.05) is 22.3 Å². The van der Waals surface area contributed by atoms with E-state index in [1.54, 1.807) is 23.0 Å². The van der Waals surface area contributed by atoms with Crippen molar-refractivity contribution in [2.24, 2.45) is 0 Å². The maximum atomic E-state index is 12.5. The quantitative estimate of drug-likeness (QED) is 0.580. The van der Waals surface area contributed by atoms with Gasteiger partial charge in [0.2, 0.25) is 5.91 Å². The summed E-state index contributed by atoms with van der Waals surface area (Å²) in [5.41, 5.74) is 2.94. The molecule has 0 saturated heterocycles. The van der Waals surface area contributed by atoms with E-state index in [0.717, 1.165) is 11.3 Å². The smallest absolute Gasteiger partial charge is 0.330 e. The summed E-state index contributed by atoms with van der Waals surface area (Å²) >= 11 is 5.98. The summed E-state index contributed by atoms with van der Waals surface area (Å²) in [5.74, 6) is -1.14. The maximum Gasteiger partial charge on any atom is 0.330 e. The number of rotatable bonds is 7. The molecule has 29 heavy (non-hydrogen) atoms. The van der Waals surface area contributed by atoms with Crippen molar-refractivity contribution in [3.05, 3.63) is 71.4 Å². The molecule has 0 radical (unpaired) electrons. The number of hydrogen-bond donors (Lipinski definition) is 2. The molecular weight excluding hydrogens is 394 g/mol. The minimum atomic E-state index is -1.12. The Morgan fingerprint density at radius 1 is 1.17 bits per heavy atom. The number of esters is 1. The van der Waals surface area contributed by atoms with E-state index in [1.807, 2.05) is 42.5 Å². The van der Waals surface area contributed by atoms with E-state index in [0.29, 0.717) is 16.3 Å². The second-order valence-corrected chi connectivity index (χ2v) is 6.73. The third-order valence-corrected chi connectivity index (χ3v) is 4.53. The number of ether oxygens (including phenoxy) is 1. The second-order valence-electron chi connectivity index (χ2n) is 6.29. The molecule has 0 aliphatic rings. The molecule has 0 spiro atoms. The number of nitrogens with zero attached hydrogens (tertiary/aromatic N) is 2. The third-order valence-electron chi connectivity index (χ3n) is 4.28. The molecule has 8 heteroatoms. The highest BCUT2D eigenvalue weighted by Gasteiger charge is 2.22. The number of nitrogens with one attached hydrogen (secondary N) is 1. The summed E-state index contributed by atoms with van der Waals surface area (Å²) in [5, 5.41) is 17.0. The van der Waals surface area contributed by atoms with Crippen LogP contribution in [0.25, 0.3) is 16.9 Å². The standard InChI is InChI=1S/C21H20ClN3O4/c1-29-21(28)18(13-26)23-19(27)11-15-12-25(17-5-3-2-4-6-17)24-20(15)14-7-9-16(22)10-8-14/h2-10,12,18,26H,11,13H2,1H3,(H,23,27)/t18-/m0/s1. The van der Waals surface area contributed by atoms with Crippen LogP contribution in [0.2, 0.25) is 5.02 Å². The lowest BCUT2D eigenvalue weighted by molar-refractivity contribution is -0.146. The first-order chi connectivity index (χ1) is 14.0. The molecule has 0 aliphatic heterocycles. The van der Waals surface area contributed by atoms with E-state index in [2.05, 4.69) is 15.2 Å². The lowest BCUT2D eigenvalue weighted by atomic mass is 10.1. The van der Waals surface area contributed by atoms with E-state index < -0.39 is 24.5 Å². The number of benzene rings is 2. The highest BCUT2D eigenvalue weighted by atomic mass is 35.5. The minimum absolute atomic E-state index is 0.0295. The van der Waals surface area contributed by atoms with Crippen LogP contribution in [0.5, 0.6) is 0 Å². The van der Waals surface area contributed by atoms with Gasteiger partial charge in [-0.25, -0.2) is 9.48 Å². The second kappa shape index (κ2) is 9.36. The Kier molecular flexibility index (Phi) is 6.64. The molecule has 1 amide bonds. The molecule has 1 aromatic heterocycles. The van der Waals surface area contributed by atoms with Gasteiger partial charge in [0.15, 0.2) is 6.04 Å². The predicted octanol–water partition coefficient (Wildman–Crippen LogP) is 2.39. The fourth-order valence-corrected chi connectivity index (χ4v) is 2.97. The Morgan fingerprint density at radius 2 is 1.86 bits per heavy atom. The Balaban J connectivity index is 1.91. The first kappa shape index (κ1) is 20.6. The third kappa shape index (κ3) is 5.01. The zero-order chi connectivity index (χ0) is 20.8. The van der Waals surface area contributed by atoms with E-state index >= 15 is 0 Å². The van der Waals surface area contributed by atoms with Crippen molar-refractivity contribution in [3.8, 4) is 16.9 Å². The van der Waals surface area contributed by atoms with Crippen LogP contribution in [-0.2, 0) is 20.7 Å². The minimum Gasteiger partial charge on any atom is -0.467 e. The summed E-state index contributed by atoms with van der Waals surface area (Å²) in [6, 6.07) is 15.5. The van der Waals surface area contributed by atoms with Gasteiger partial charge in [-0.15, -0.1) is 0 Å². The van der Waals surface area contributed by atoms with Gasteiger partial charge in [0.25, 0.3) is 0 Å². The number of aliphatic hydroxyl groups is 1. The van der Waals surface area contributed by atoms with Gasteiger partial charge >= 0.3 is 5.97 Å². The zero-order valence-electron chi connectivity index (χ0n) is 15.7. The number of amides is 1. The largest absolute Gasteiger partial charge is 0.467 e. The van der Waals surface area contributed by atoms with Crippen molar-refractivity contribution >= 4 is 23.5 Å². The first-order valence-electron chi connectivity index (χ1n) is 8.89. The molecule has 150 valence electrons. The van der Waals surface area contributed by atoms with Crippen molar-refractivity contribution in [3.63, 3.8) is 0 Å². The number of halogens is 1. The lowest BCUT2D eigenvalue weighted by Gasteiger charge is -2.13. The van der Waals surface area contributed by atoms with Crippen molar-refractivity contribution in [2.45, 2.75) is 12.5 Å². The number of carbonyl (C=O) groups excluding carboxylic acids is 2. The normalized spacial score (nSPS) is 11.7. The Morgan fingerprint density at radius 3 is 2.48 bits per heavy atom. The molecule has 0 bridgehead atoms. The fourth-order valence-electron chi connectivity index (χ4n) is 2.84. The Bertz CT molecular complexity index is 987. The zero-order valence-corrected chi connectivity index (χ0v) is 16.5. The first-order valence-corrected chi connectivity index (χ1v) is 9.27. The van der Waals surface area contributed by atoms with Crippen LogP contribution in [0.15, 0.2) is 60.8 Å². The van der Waals surface area contributed by atoms with Crippen LogP contribution < -0.4 is 5.32 Å². The average Bonchev–Trinajstić information content (AvgIpc) is 3.16.